The number of benzene rings is 2. The van der Waals surface area contributed by atoms with Gasteiger partial charge in [0.25, 0.3) is 0 Å². The number of carbonyl (C=O) groups is 1. The fourth-order valence-corrected chi connectivity index (χ4v) is 2.00. The maximum absolute atomic E-state index is 12.3. The zero-order valence-corrected chi connectivity index (χ0v) is 10.3. The molecule has 18 heavy (non-hydrogen) atoms. The van der Waals surface area contributed by atoms with E-state index in [9.17, 15) is 4.79 Å². The highest BCUT2D eigenvalue weighted by Gasteiger charge is 2.14. The molecule has 0 amide bonds. The molecule has 3 heteroatoms. The molecule has 0 aliphatic carbocycles. The third-order valence-electron chi connectivity index (χ3n) is 2.63. The molecule has 0 saturated heterocycles. The molecular formula is C15H10ClNO. The quantitative estimate of drug-likeness (QED) is 0.786. The van der Waals surface area contributed by atoms with Gasteiger partial charge in [-0.15, -0.1) is 0 Å². The van der Waals surface area contributed by atoms with Crippen LogP contribution in [-0.2, 0) is 6.42 Å². The molecule has 0 atom stereocenters. The van der Waals surface area contributed by atoms with Crippen molar-refractivity contribution in [1.82, 2.24) is 0 Å². The van der Waals surface area contributed by atoms with E-state index in [1.165, 1.54) is 0 Å². The normalized spacial score (nSPS) is 9.78. The van der Waals surface area contributed by atoms with E-state index in [-0.39, 0.29) is 12.2 Å². The molecule has 0 aliphatic rings. The van der Waals surface area contributed by atoms with Crippen LogP contribution in [0, 0.1) is 11.3 Å². The van der Waals surface area contributed by atoms with Gasteiger partial charge in [0.05, 0.1) is 17.5 Å². The van der Waals surface area contributed by atoms with Gasteiger partial charge in [-0.1, -0.05) is 54.1 Å². The summed E-state index contributed by atoms with van der Waals surface area (Å²) in [6.45, 7) is 0. The first-order valence-corrected chi connectivity index (χ1v) is 5.86. The highest BCUT2D eigenvalue weighted by atomic mass is 35.5. The molecule has 0 heterocycles. The van der Waals surface area contributed by atoms with Gasteiger partial charge in [-0.05, 0) is 11.6 Å². The molecule has 0 fully saturated rings. The largest absolute Gasteiger partial charge is 0.289 e. The molecule has 2 nitrogen and oxygen atoms in total. The first kappa shape index (κ1) is 12.3. The minimum absolute atomic E-state index is 0.125. The molecule has 0 radical (unpaired) electrons. The van der Waals surface area contributed by atoms with E-state index in [1.807, 2.05) is 12.1 Å². The topological polar surface area (TPSA) is 40.9 Å². The maximum Gasteiger partial charge on any atom is 0.194 e. The zero-order chi connectivity index (χ0) is 13.0. The Morgan fingerprint density at radius 1 is 1.11 bits per heavy atom. The highest BCUT2D eigenvalue weighted by molar-refractivity contribution is 6.35. The molecule has 0 unspecified atom stereocenters. The van der Waals surface area contributed by atoms with E-state index in [4.69, 9.17) is 16.9 Å². The van der Waals surface area contributed by atoms with Gasteiger partial charge in [0.2, 0.25) is 0 Å². The van der Waals surface area contributed by atoms with Gasteiger partial charge >= 0.3 is 0 Å². The number of nitrogens with zero attached hydrogens (tertiary/aromatic N) is 1. The van der Waals surface area contributed by atoms with Crippen molar-refractivity contribution in [3.05, 3.63) is 70.2 Å². The fourth-order valence-electron chi connectivity index (χ4n) is 1.72. The zero-order valence-electron chi connectivity index (χ0n) is 9.56. The van der Waals surface area contributed by atoms with Gasteiger partial charge in [0.15, 0.2) is 5.78 Å². The number of carbonyl (C=O) groups excluding carboxylic acids is 1. The maximum atomic E-state index is 12.3. The second kappa shape index (κ2) is 5.48. The van der Waals surface area contributed by atoms with E-state index in [0.29, 0.717) is 21.7 Å². The van der Waals surface area contributed by atoms with E-state index >= 15 is 0 Å². The summed E-state index contributed by atoms with van der Waals surface area (Å²) in [4.78, 5) is 12.3. The lowest BCUT2D eigenvalue weighted by Crippen LogP contribution is -2.03. The van der Waals surface area contributed by atoms with E-state index in [0.717, 1.165) is 0 Å². The summed E-state index contributed by atoms with van der Waals surface area (Å²) in [7, 11) is 0. The van der Waals surface area contributed by atoms with E-state index < -0.39 is 0 Å². The smallest absolute Gasteiger partial charge is 0.194 e. The van der Waals surface area contributed by atoms with Gasteiger partial charge in [-0.25, -0.2) is 0 Å². The molecule has 0 aliphatic heterocycles. The molecule has 2 rings (SSSR count). The van der Waals surface area contributed by atoms with Crippen LogP contribution in [0.3, 0.4) is 0 Å². The second-order valence-corrected chi connectivity index (χ2v) is 4.19. The summed E-state index contributed by atoms with van der Waals surface area (Å²) in [6, 6.07) is 16.2. The molecule has 0 aromatic heterocycles. The lowest BCUT2D eigenvalue weighted by molar-refractivity contribution is 0.103. The Balaban J connectivity index is 2.44. The minimum Gasteiger partial charge on any atom is -0.289 e. The highest BCUT2D eigenvalue weighted by Crippen LogP contribution is 2.24. The summed E-state index contributed by atoms with van der Waals surface area (Å²) >= 11 is 6.16. The number of hydrogen-bond acceptors (Lipinski definition) is 2. The lowest BCUT2D eigenvalue weighted by atomic mass is 10.0. The van der Waals surface area contributed by atoms with E-state index in [2.05, 4.69) is 0 Å². The van der Waals surface area contributed by atoms with Gasteiger partial charge in [-0.2, -0.15) is 5.26 Å². The van der Waals surface area contributed by atoms with Crippen molar-refractivity contribution < 1.29 is 4.79 Å². The SMILES string of the molecule is N#CCc1cccc(C(=O)c2ccccc2)c1Cl. The van der Waals surface area contributed by atoms with Crippen molar-refractivity contribution in [1.29, 1.82) is 5.26 Å². The first-order chi connectivity index (χ1) is 8.74. The van der Waals surface area contributed by atoms with Gasteiger partial charge in [0.1, 0.15) is 0 Å². The van der Waals surface area contributed by atoms with Crippen molar-refractivity contribution in [2.75, 3.05) is 0 Å². The predicted octanol–water partition coefficient (Wildman–Crippen LogP) is 3.64. The Morgan fingerprint density at radius 3 is 2.50 bits per heavy atom. The summed E-state index contributed by atoms with van der Waals surface area (Å²) < 4.78 is 0. The Morgan fingerprint density at radius 2 is 1.83 bits per heavy atom. The van der Waals surface area contributed by atoms with Crippen molar-refractivity contribution >= 4 is 17.4 Å². The summed E-state index contributed by atoms with van der Waals surface area (Å²) in [5.74, 6) is -0.125. The predicted molar refractivity (Wildman–Crippen MR) is 70.6 cm³/mol. The second-order valence-electron chi connectivity index (χ2n) is 3.81. The number of ketones is 1. The van der Waals surface area contributed by atoms with Crippen LogP contribution in [0.15, 0.2) is 48.5 Å². The van der Waals surface area contributed by atoms with Crippen molar-refractivity contribution in [3.63, 3.8) is 0 Å². The van der Waals surface area contributed by atoms with Crippen LogP contribution in [0.25, 0.3) is 0 Å². The summed E-state index contributed by atoms with van der Waals surface area (Å²) in [6.07, 6.45) is 0.203. The van der Waals surface area contributed by atoms with Gasteiger partial charge in [0, 0.05) is 11.1 Å². The molecule has 2 aromatic rings. The average molecular weight is 256 g/mol. The van der Waals surface area contributed by atoms with Crippen LogP contribution in [0.1, 0.15) is 21.5 Å². The fraction of sp³-hybridized carbons (Fsp3) is 0.0667. The third-order valence-corrected chi connectivity index (χ3v) is 3.08. The standard InChI is InChI=1S/C15H10ClNO/c16-14-11(9-10-17)7-4-8-13(14)15(18)12-5-2-1-3-6-12/h1-8H,9H2. The molecule has 0 spiro atoms. The molecule has 2 aromatic carbocycles. The molecule has 0 saturated carbocycles. The third kappa shape index (κ3) is 2.42. The monoisotopic (exact) mass is 255 g/mol. The van der Waals surface area contributed by atoms with Crippen LogP contribution >= 0.6 is 11.6 Å². The van der Waals surface area contributed by atoms with Crippen molar-refractivity contribution in [2.24, 2.45) is 0 Å². The summed E-state index contributed by atoms with van der Waals surface area (Å²) in [5, 5.41) is 9.07. The molecular weight excluding hydrogens is 246 g/mol. The van der Waals surface area contributed by atoms with Crippen molar-refractivity contribution in [3.8, 4) is 6.07 Å². The first-order valence-electron chi connectivity index (χ1n) is 5.48. The van der Waals surface area contributed by atoms with Gasteiger partial charge < -0.3 is 0 Å². The summed E-state index contributed by atoms with van der Waals surface area (Å²) in [5.41, 5.74) is 1.71. The number of nitriles is 1. The lowest BCUT2D eigenvalue weighted by Gasteiger charge is -2.06. The van der Waals surface area contributed by atoms with E-state index in [1.54, 1.807) is 42.5 Å². The molecule has 0 bridgehead atoms. The average Bonchev–Trinajstić information content (AvgIpc) is 2.42. The van der Waals surface area contributed by atoms with Crippen LogP contribution in [-0.4, -0.2) is 5.78 Å². The Bertz CT molecular complexity index is 614. The minimum atomic E-state index is -0.125. The number of rotatable bonds is 3. The number of halogens is 1. The Hall–Kier alpha value is -2.11. The van der Waals surface area contributed by atoms with Crippen LogP contribution < -0.4 is 0 Å². The number of hydrogen-bond donors (Lipinski definition) is 0. The molecule has 88 valence electrons. The van der Waals surface area contributed by atoms with Crippen LogP contribution in [0.4, 0.5) is 0 Å². The Labute approximate surface area is 110 Å². The molecule has 0 N–H and O–H groups in total. The Kier molecular flexibility index (Phi) is 3.76. The van der Waals surface area contributed by atoms with Crippen LogP contribution in [0.2, 0.25) is 5.02 Å². The van der Waals surface area contributed by atoms with Gasteiger partial charge in [-0.3, -0.25) is 4.79 Å². The van der Waals surface area contributed by atoms with Crippen LogP contribution in [0.5, 0.6) is 0 Å². The van der Waals surface area contributed by atoms with Crippen molar-refractivity contribution in [2.45, 2.75) is 6.42 Å².